The van der Waals surface area contributed by atoms with E-state index in [1.54, 1.807) is 16.8 Å². The van der Waals surface area contributed by atoms with E-state index in [-0.39, 0.29) is 0 Å². The molecule has 6 heteroatoms. The van der Waals surface area contributed by atoms with Gasteiger partial charge in [0.15, 0.2) is 0 Å². The number of nitrogens with zero attached hydrogens (tertiary/aromatic N) is 3. The Kier molecular flexibility index (Phi) is 4.17. The van der Waals surface area contributed by atoms with Crippen molar-refractivity contribution in [2.45, 2.75) is 26.6 Å². The van der Waals surface area contributed by atoms with Gasteiger partial charge in [-0.15, -0.1) is 5.10 Å². The van der Waals surface area contributed by atoms with Gasteiger partial charge >= 0.3 is 0 Å². The minimum Gasteiger partial charge on any atom is -0.487 e. The highest BCUT2D eigenvalue weighted by atomic mass is 35.5. The highest BCUT2D eigenvalue weighted by Gasteiger charge is 2.11. The van der Waals surface area contributed by atoms with Crippen LogP contribution < -0.4 is 10.5 Å². The van der Waals surface area contributed by atoms with E-state index in [2.05, 4.69) is 10.3 Å². The Bertz CT molecular complexity index is 488. The molecule has 1 aromatic carbocycles. The minimum absolute atomic E-state index is 0.360. The number of aromatic nitrogens is 3. The van der Waals surface area contributed by atoms with Crippen molar-refractivity contribution in [2.24, 2.45) is 5.73 Å². The third-order valence-electron chi connectivity index (χ3n) is 2.60. The van der Waals surface area contributed by atoms with Crippen molar-refractivity contribution in [3.63, 3.8) is 0 Å². The summed E-state index contributed by atoms with van der Waals surface area (Å²) in [6.45, 7) is 3.50. The molecule has 0 amide bonds. The maximum atomic E-state index is 5.81. The van der Waals surface area contributed by atoms with Crippen molar-refractivity contribution in [1.82, 2.24) is 15.0 Å². The molecule has 5 nitrogen and oxygen atoms in total. The number of aryl methyl sites for hydroxylation is 1. The fraction of sp³-hybridized carbons (Fsp3) is 0.333. The molecule has 0 saturated heterocycles. The maximum Gasteiger partial charge on any atom is 0.132 e. The number of ether oxygens (including phenoxy) is 1. The lowest BCUT2D eigenvalue weighted by molar-refractivity contribution is 0.291. The van der Waals surface area contributed by atoms with Crippen molar-refractivity contribution in [3.05, 3.63) is 40.7 Å². The van der Waals surface area contributed by atoms with Gasteiger partial charge in [-0.05, 0) is 31.2 Å². The van der Waals surface area contributed by atoms with Crippen molar-refractivity contribution in [1.29, 1.82) is 0 Å². The first-order valence-electron chi connectivity index (χ1n) is 5.74. The van der Waals surface area contributed by atoms with Crippen molar-refractivity contribution >= 4 is 11.6 Å². The van der Waals surface area contributed by atoms with E-state index in [9.17, 15) is 0 Å². The summed E-state index contributed by atoms with van der Waals surface area (Å²) in [6.07, 6.45) is 0. The number of rotatable bonds is 5. The smallest absolute Gasteiger partial charge is 0.132 e. The Morgan fingerprint density at radius 1 is 1.33 bits per heavy atom. The average molecular weight is 267 g/mol. The maximum absolute atomic E-state index is 5.81. The summed E-state index contributed by atoms with van der Waals surface area (Å²) in [6, 6.07) is 7.22. The molecule has 0 unspecified atom stereocenters. The van der Waals surface area contributed by atoms with Gasteiger partial charge in [-0.1, -0.05) is 16.8 Å². The van der Waals surface area contributed by atoms with E-state index in [4.69, 9.17) is 22.1 Å². The normalized spacial score (nSPS) is 10.6. The fourth-order valence-corrected chi connectivity index (χ4v) is 1.75. The minimum atomic E-state index is 0.360. The van der Waals surface area contributed by atoms with Crippen LogP contribution in [0.5, 0.6) is 5.75 Å². The van der Waals surface area contributed by atoms with Crippen molar-refractivity contribution in [3.8, 4) is 5.75 Å². The van der Waals surface area contributed by atoms with Crippen LogP contribution in [0, 0.1) is 0 Å². The SMILES string of the molecule is CCn1nnc(CN)c1COc1ccc(Cl)cc1. The topological polar surface area (TPSA) is 66.0 Å². The second-order valence-electron chi connectivity index (χ2n) is 3.75. The summed E-state index contributed by atoms with van der Waals surface area (Å²) in [5.74, 6) is 0.756. The molecule has 0 aliphatic carbocycles. The molecule has 2 N–H and O–H groups in total. The predicted octanol–water partition coefficient (Wildman–Crippen LogP) is 1.99. The number of hydrogen-bond acceptors (Lipinski definition) is 4. The first-order chi connectivity index (χ1) is 8.74. The zero-order chi connectivity index (χ0) is 13.0. The van der Waals surface area contributed by atoms with E-state index >= 15 is 0 Å². The summed E-state index contributed by atoms with van der Waals surface area (Å²) in [4.78, 5) is 0. The molecule has 0 aliphatic heterocycles. The van der Waals surface area contributed by atoms with Crippen LogP contribution in [0.2, 0.25) is 5.02 Å². The van der Waals surface area contributed by atoms with Crippen LogP contribution in [-0.2, 0) is 19.7 Å². The summed E-state index contributed by atoms with van der Waals surface area (Å²) >= 11 is 5.81. The van der Waals surface area contributed by atoms with Gasteiger partial charge in [0, 0.05) is 18.1 Å². The number of nitrogens with two attached hydrogens (primary N) is 1. The first kappa shape index (κ1) is 12.9. The predicted molar refractivity (Wildman–Crippen MR) is 69.4 cm³/mol. The van der Waals surface area contributed by atoms with Crippen LogP contribution in [0.1, 0.15) is 18.3 Å². The lowest BCUT2D eigenvalue weighted by Crippen LogP contribution is -2.09. The van der Waals surface area contributed by atoms with E-state index < -0.39 is 0 Å². The molecule has 0 aliphatic rings. The molecular formula is C12H15ClN4O. The largest absolute Gasteiger partial charge is 0.487 e. The van der Waals surface area contributed by atoms with E-state index in [1.807, 2.05) is 19.1 Å². The van der Waals surface area contributed by atoms with E-state index in [1.165, 1.54) is 0 Å². The van der Waals surface area contributed by atoms with Crippen LogP contribution >= 0.6 is 11.6 Å². The van der Waals surface area contributed by atoms with Gasteiger partial charge in [-0.3, -0.25) is 0 Å². The molecule has 0 bridgehead atoms. The molecule has 0 atom stereocenters. The second-order valence-corrected chi connectivity index (χ2v) is 4.18. The molecule has 18 heavy (non-hydrogen) atoms. The second kappa shape index (κ2) is 5.84. The monoisotopic (exact) mass is 266 g/mol. The summed E-state index contributed by atoms with van der Waals surface area (Å²) in [7, 11) is 0. The van der Waals surface area contributed by atoms with Gasteiger partial charge in [0.05, 0.1) is 0 Å². The molecule has 96 valence electrons. The van der Waals surface area contributed by atoms with Crippen molar-refractivity contribution in [2.75, 3.05) is 0 Å². The Morgan fingerprint density at radius 3 is 2.67 bits per heavy atom. The molecule has 1 heterocycles. The van der Waals surface area contributed by atoms with E-state index in [0.29, 0.717) is 18.2 Å². The highest BCUT2D eigenvalue weighted by molar-refractivity contribution is 6.30. The quantitative estimate of drug-likeness (QED) is 0.899. The molecule has 2 rings (SSSR count). The zero-order valence-electron chi connectivity index (χ0n) is 10.1. The molecule has 0 saturated carbocycles. The standard InChI is InChI=1S/C12H15ClN4O/c1-2-17-12(11(7-14)15-16-17)8-18-10-5-3-9(13)4-6-10/h3-6H,2,7-8,14H2,1H3. The van der Waals surface area contributed by atoms with Gasteiger partial charge in [0.1, 0.15) is 23.7 Å². The van der Waals surface area contributed by atoms with Gasteiger partial charge in [-0.2, -0.15) is 0 Å². The lowest BCUT2D eigenvalue weighted by Gasteiger charge is -2.08. The molecular weight excluding hydrogens is 252 g/mol. The fourth-order valence-electron chi connectivity index (χ4n) is 1.62. The third kappa shape index (κ3) is 2.80. The highest BCUT2D eigenvalue weighted by Crippen LogP contribution is 2.17. The van der Waals surface area contributed by atoms with Gasteiger partial charge in [0.25, 0.3) is 0 Å². The Labute approximate surface area is 111 Å². The van der Waals surface area contributed by atoms with Crippen LogP contribution in [0.25, 0.3) is 0 Å². The van der Waals surface area contributed by atoms with E-state index in [0.717, 1.165) is 23.7 Å². The Hall–Kier alpha value is -1.59. The third-order valence-corrected chi connectivity index (χ3v) is 2.85. The number of benzene rings is 1. The first-order valence-corrected chi connectivity index (χ1v) is 6.12. The zero-order valence-corrected chi connectivity index (χ0v) is 10.9. The molecule has 0 spiro atoms. The average Bonchev–Trinajstić information content (AvgIpc) is 2.80. The summed E-state index contributed by atoms with van der Waals surface area (Å²) < 4.78 is 7.47. The number of halogens is 1. The van der Waals surface area contributed by atoms with Crippen LogP contribution in [-0.4, -0.2) is 15.0 Å². The van der Waals surface area contributed by atoms with Crippen LogP contribution in [0.3, 0.4) is 0 Å². The molecule has 1 aromatic heterocycles. The number of hydrogen-bond donors (Lipinski definition) is 1. The Morgan fingerprint density at radius 2 is 2.06 bits per heavy atom. The van der Waals surface area contributed by atoms with Crippen molar-refractivity contribution < 1.29 is 4.74 Å². The van der Waals surface area contributed by atoms with Crippen LogP contribution in [0.15, 0.2) is 24.3 Å². The molecule has 2 aromatic rings. The van der Waals surface area contributed by atoms with Gasteiger partial charge < -0.3 is 10.5 Å². The lowest BCUT2D eigenvalue weighted by atomic mass is 10.3. The molecule has 0 radical (unpaired) electrons. The molecule has 0 fully saturated rings. The summed E-state index contributed by atoms with van der Waals surface area (Å²) in [5, 5.41) is 8.72. The summed E-state index contributed by atoms with van der Waals surface area (Å²) in [5.41, 5.74) is 7.30. The van der Waals surface area contributed by atoms with Gasteiger partial charge in [-0.25, -0.2) is 4.68 Å². The Balaban J connectivity index is 2.09. The van der Waals surface area contributed by atoms with Crippen LogP contribution in [0.4, 0.5) is 0 Å². The van der Waals surface area contributed by atoms with Gasteiger partial charge in [0.2, 0.25) is 0 Å².